The molecule has 0 saturated heterocycles. The van der Waals surface area contributed by atoms with E-state index in [2.05, 4.69) is 23.2 Å². The summed E-state index contributed by atoms with van der Waals surface area (Å²) in [6.07, 6.45) is 5.61. The second-order valence-electron chi connectivity index (χ2n) is 3.38. The Kier molecular flexibility index (Phi) is 1.78. The largest absolute Gasteiger partial charge is 0.306 e. The van der Waals surface area contributed by atoms with E-state index in [-0.39, 0.29) is 0 Å². The highest BCUT2D eigenvalue weighted by Crippen LogP contribution is 2.22. The van der Waals surface area contributed by atoms with Gasteiger partial charge in [0.1, 0.15) is 5.65 Å². The fraction of sp³-hybridized carbons (Fsp3) is 0. The lowest BCUT2D eigenvalue weighted by Gasteiger charge is -2.02. The molecule has 0 fully saturated rings. The van der Waals surface area contributed by atoms with Crippen LogP contribution in [0.25, 0.3) is 16.8 Å². The van der Waals surface area contributed by atoms with Gasteiger partial charge in [-0.05, 0) is 11.6 Å². The monoisotopic (exact) mass is 193 g/mol. The van der Waals surface area contributed by atoms with Crippen LogP contribution in [0.2, 0.25) is 0 Å². The lowest BCUT2D eigenvalue weighted by molar-refractivity contribution is 1.18. The Bertz CT molecular complexity index is 582. The van der Waals surface area contributed by atoms with Gasteiger partial charge in [0.2, 0.25) is 0 Å². The highest BCUT2D eigenvalue weighted by Gasteiger charge is 2.03. The second-order valence-corrected chi connectivity index (χ2v) is 3.38. The molecule has 3 rings (SSSR count). The zero-order chi connectivity index (χ0) is 10.1. The lowest BCUT2D eigenvalue weighted by atomic mass is 10.1. The molecule has 0 unspecified atom stereocenters. The van der Waals surface area contributed by atoms with Gasteiger partial charge in [0, 0.05) is 30.2 Å². The van der Waals surface area contributed by atoms with Crippen molar-refractivity contribution in [3.63, 3.8) is 0 Å². The van der Waals surface area contributed by atoms with E-state index < -0.39 is 0 Å². The molecule has 3 aromatic rings. The van der Waals surface area contributed by atoms with Gasteiger partial charge in [-0.25, -0.2) is 4.98 Å². The molecule has 2 nitrogen and oxygen atoms in total. The van der Waals surface area contributed by atoms with Gasteiger partial charge >= 0.3 is 0 Å². The van der Waals surface area contributed by atoms with Crippen molar-refractivity contribution < 1.29 is 0 Å². The van der Waals surface area contributed by atoms with Crippen molar-refractivity contribution in [1.82, 2.24) is 9.38 Å². The standard InChI is InChI=1S/C13H9N2/c1-2-5-11(6-3-1)12-7-4-9-15-10-8-14-13(12)15/h1-3,5-10H. The maximum absolute atomic E-state index is 4.34. The van der Waals surface area contributed by atoms with Gasteiger partial charge < -0.3 is 4.40 Å². The third-order valence-electron chi connectivity index (χ3n) is 2.44. The molecule has 0 aliphatic carbocycles. The summed E-state index contributed by atoms with van der Waals surface area (Å²) < 4.78 is 1.97. The number of hydrogen-bond acceptors (Lipinski definition) is 1. The van der Waals surface area contributed by atoms with Crippen molar-refractivity contribution in [2.75, 3.05) is 0 Å². The third kappa shape index (κ3) is 1.31. The van der Waals surface area contributed by atoms with Gasteiger partial charge in [0.15, 0.2) is 0 Å². The molecule has 15 heavy (non-hydrogen) atoms. The van der Waals surface area contributed by atoms with E-state index in [9.17, 15) is 0 Å². The summed E-state index contributed by atoms with van der Waals surface area (Å²) in [6.45, 7) is 0. The summed E-state index contributed by atoms with van der Waals surface area (Å²) in [4.78, 5) is 4.34. The summed E-state index contributed by atoms with van der Waals surface area (Å²) in [6, 6.07) is 15.3. The average Bonchev–Trinajstić information content (AvgIpc) is 2.78. The van der Waals surface area contributed by atoms with Gasteiger partial charge in [-0.3, -0.25) is 0 Å². The number of nitrogens with zero attached hydrogens (tertiary/aromatic N) is 2. The van der Waals surface area contributed by atoms with Crippen LogP contribution in [0.5, 0.6) is 0 Å². The summed E-state index contributed by atoms with van der Waals surface area (Å²) in [5.41, 5.74) is 3.26. The van der Waals surface area contributed by atoms with Crippen LogP contribution in [0, 0.1) is 6.07 Å². The van der Waals surface area contributed by atoms with Crippen molar-refractivity contribution >= 4 is 5.65 Å². The van der Waals surface area contributed by atoms with Gasteiger partial charge in [-0.2, -0.15) is 0 Å². The van der Waals surface area contributed by atoms with Crippen LogP contribution < -0.4 is 0 Å². The molecule has 1 aromatic carbocycles. The maximum Gasteiger partial charge on any atom is 0.144 e. The van der Waals surface area contributed by atoms with Crippen LogP contribution in [0.4, 0.5) is 0 Å². The van der Waals surface area contributed by atoms with Crippen molar-refractivity contribution in [3.8, 4) is 11.1 Å². The Balaban J connectivity index is 2.31. The number of fused-ring (bicyclic) bond motifs is 1. The summed E-state index contributed by atoms with van der Waals surface area (Å²) in [5, 5.41) is 0. The minimum Gasteiger partial charge on any atom is -0.306 e. The predicted molar refractivity (Wildman–Crippen MR) is 59.5 cm³/mol. The van der Waals surface area contributed by atoms with Crippen LogP contribution in [0.3, 0.4) is 0 Å². The van der Waals surface area contributed by atoms with Crippen molar-refractivity contribution in [2.24, 2.45) is 0 Å². The SMILES string of the molecule is [c]1cc(-c2ccccc2)c2nccn2c1. The highest BCUT2D eigenvalue weighted by atomic mass is 15.0. The van der Waals surface area contributed by atoms with E-state index in [4.69, 9.17) is 0 Å². The van der Waals surface area contributed by atoms with E-state index in [0.717, 1.165) is 11.2 Å². The molecule has 1 radical (unpaired) electrons. The van der Waals surface area contributed by atoms with Crippen molar-refractivity contribution in [3.05, 3.63) is 61.1 Å². The molecule has 0 bridgehead atoms. The number of imidazole rings is 1. The Morgan fingerprint density at radius 3 is 2.87 bits per heavy atom. The predicted octanol–water partition coefficient (Wildman–Crippen LogP) is 2.80. The number of aromatic nitrogens is 2. The lowest BCUT2D eigenvalue weighted by Crippen LogP contribution is -1.86. The number of benzene rings is 1. The summed E-state index contributed by atoms with van der Waals surface area (Å²) in [7, 11) is 0. The first-order valence-corrected chi connectivity index (χ1v) is 4.83. The number of pyridine rings is 1. The van der Waals surface area contributed by atoms with E-state index in [1.54, 1.807) is 6.20 Å². The molecule has 2 heterocycles. The molecule has 0 N–H and O–H groups in total. The van der Waals surface area contributed by atoms with Crippen LogP contribution in [0.15, 0.2) is 55.0 Å². The van der Waals surface area contributed by atoms with E-state index in [0.29, 0.717) is 0 Å². The van der Waals surface area contributed by atoms with E-state index >= 15 is 0 Å². The highest BCUT2D eigenvalue weighted by molar-refractivity contribution is 5.77. The minimum absolute atomic E-state index is 0.972. The van der Waals surface area contributed by atoms with Crippen molar-refractivity contribution in [1.29, 1.82) is 0 Å². The van der Waals surface area contributed by atoms with Gasteiger partial charge in [-0.1, -0.05) is 30.3 Å². The first-order valence-electron chi connectivity index (χ1n) is 4.83. The van der Waals surface area contributed by atoms with Crippen LogP contribution in [-0.4, -0.2) is 9.38 Å². The maximum atomic E-state index is 4.34. The van der Waals surface area contributed by atoms with Crippen LogP contribution >= 0.6 is 0 Å². The average molecular weight is 193 g/mol. The smallest absolute Gasteiger partial charge is 0.144 e. The Morgan fingerprint density at radius 1 is 1.13 bits per heavy atom. The van der Waals surface area contributed by atoms with Gasteiger partial charge in [0.05, 0.1) is 0 Å². The molecule has 0 saturated carbocycles. The molecular weight excluding hydrogens is 184 g/mol. The number of hydrogen-bond donors (Lipinski definition) is 0. The van der Waals surface area contributed by atoms with E-state index in [1.807, 2.05) is 41.1 Å². The Hall–Kier alpha value is -2.09. The molecule has 71 valence electrons. The zero-order valence-electron chi connectivity index (χ0n) is 8.09. The molecule has 2 aromatic heterocycles. The minimum atomic E-state index is 0.972. The molecule has 0 aliphatic heterocycles. The third-order valence-corrected chi connectivity index (χ3v) is 2.44. The second kappa shape index (κ2) is 3.24. The zero-order valence-corrected chi connectivity index (χ0v) is 8.09. The normalized spacial score (nSPS) is 10.7. The molecule has 2 heteroatoms. The van der Waals surface area contributed by atoms with Crippen LogP contribution in [0.1, 0.15) is 0 Å². The topological polar surface area (TPSA) is 17.3 Å². The summed E-state index contributed by atoms with van der Waals surface area (Å²) in [5.74, 6) is 0. The van der Waals surface area contributed by atoms with Gasteiger partial charge in [0.25, 0.3) is 0 Å². The van der Waals surface area contributed by atoms with Crippen LogP contribution in [-0.2, 0) is 0 Å². The quantitative estimate of drug-likeness (QED) is 0.581. The molecule has 0 atom stereocenters. The van der Waals surface area contributed by atoms with Crippen molar-refractivity contribution in [2.45, 2.75) is 0 Å². The fourth-order valence-electron chi connectivity index (χ4n) is 1.72. The Morgan fingerprint density at radius 2 is 2.00 bits per heavy atom. The number of rotatable bonds is 1. The first-order chi connectivity index (χ1) is 7.45. The summed E-state index contributed by atoms with van der Waals surface area (Å²) >= 11 is 0. The van der Waals surface area contributed by atoms with E-state index in [1.165, 1.54) is 5.56 Å². The first kappa shape index (κ1) is 8.24. The molecule has 0 spiro atoms. The Labute approximate surface area is 87.8 Å². The molecule has 0 aliphatic rings. The molecular formula is C13H9N2. The van der Waals surface area contributed by atoms with Gasteiger partial charge in [-0.15, -0.1) is 0 Å². The molecule has 0 amide bonds. The fourth-order valence-corrected chi connectivity index (χ4v) is 1.72.